The molecule has 0 radical (unpaired) electrons. The lowest BCUT2D eigenvalue weighted by Gasteiger charge is -2.23. The molecular weight excluding hydrogens is 320 g/mol. The van der Waals surface area contributed by atoms with Crippen molar-refractivity contribution in [1.29, 1.82) is 0 Å². The van der Waals surface area contributed by atoms with Crippen LogP contribution in [0.2, 0.25) is 0 Å². The van der Waals surface area contributed by atoms with Crippen molar-refractivity contribution in [2.45, 2.75) is 37.2 Å². The van der Waals surface area contributed by atoms with E-state index in [0.29, 0.717) is 11.1 Å². The Labute approximate surface area is 134 Å². The molecule has 0 atom stereocenters. The smallest absolute Gasteiger partial charge is 0.207 e. The van der Waals surface area contributed by atoms with Gasteiger partial charge in [0.1, 0.15) is 11.6 Å². The predicted octanol–water partition coefficient (Wildman–Crippen LogP) is 3.63. The molecule has 0 bridgehead atoms. The highest BCUT2D eigenvalue weighted by molar-refractivity contribution is 7.89. The predicted molar refractivity (Wildman–Crippen MR) is 83.3 cm³/mol. The fraction of sp³-hybridized carbons (Fsp3) is 0.294. The van der Waals surface area contributed by atoms with E-state index in [1.807, 2.05) is 0 Å². The Morgan fingerprint density at radius 3 is 2.43 bits per heavy atom. The van der Waals surface area contributed by atoms with Gasteiger partial charge in [0.25, 0.3) is 0 Å². The summed E-state index contributed by atoms with van der Waals surface area (Å²) in [5.41, 5.74) is 0.687. The first-order valence-electron chi connectivity index (χ1n) is 7.41. The molecule has 2 aromatic rings. The maximum Gasteiger partial charge on any atom is 0.243 e. The van der Waals surface area contributed by atoms with Crippen LogP contribution in [0.5, 0.6) is 0 Å². The van der Waals surface area contributed by atoms with Gasteiger partial charge in [-0.3, -0.25) is 0 Å². The van der Waals surface area contributed by atoms with Crippen molar-refractivity contribution in [3.8, 4) is 0 Å². The molecule has 1 aliphatic carbocycles. The molecule has 23 heavy (non-hydrogen) atoms. The lowest BCUT2D eigenvalue weighted by atomic mass is 10.2. The Balaban J connectivity index is 1.99. The van der Waals surface area contributed by atoms with Crippen molar-refractivity contribution in [3.63, 3.8) is 0 Å². The third-order valence-corrected chi connectivity index (χ3v) is 6.02. The van der Waals surface area contributed by atoms with Gasteiger partial charge in [0.2, 0.25) is 10.0 Å². The highest BCUT2D eigenvalue weighted by atomic mass is 32.2. The second kappa shape index (κ2) is 6.02. The van der Waals surface area contributed by atoms with E-state index in [-0.39, 0.29) is 17.5 Å². The molecule has 0 amide bonds. The van der Waals surface area contributed by atoms with E-state index in [1.54, 1.807) is 25.1 Å². The maximum absolute atomic E-state index is 13.9. The minimum absolute atomic E-state index is 0.0174. The number of hydrogen-bond donors (Lipinski definition) is 0. The molecule has 1 saturated carbocycles. The fourth-order valence-corrected chi connectivity index (χ4v) is 4.47. The molecule has 122 valence electrons. The highest BCUT2D eigenvalue weighted by Crippen LogP contribution is 2.34. The molecule has 6 heteroatoms. The Kier molecular flexibility index (Phi) is 4.21. The molecule has 2 aromatic carbocycles. The number of rotatable bonds is 5. The maximum atomic E-state index is 13.9. The molecule has 0 heterocycles. The second-order valence-corrected chi connectivity index (χ2v) is 7.64. The minimum atomic E-state index is -3.80. The van der Waals surface area contributed by atoms with Crippen molar-refractivity contribution in [1.82, 2.24) is 4.31 Å². The van der Waals surface area contributed by atoms with Gasteiger partial charge < -0.3 is 0 Å². The summed E-state index contributed by atoms with van der Waals surface area (Å²) in [6.07, 6.45) is 1.52. The first-order chi connectivity index (χ1) is 10.9. The number of benzene rings is 2. The third-order valence-electron chi connectivity index (χ3n) is 3.96. The minimum Gasteiger partial charge on any atom is -0.207 e. The molecule has 3 rings (SSSR count). The number of sulfonamides is 1. The summed E-state index contributed by atoms with van der Waals surface area (Å²) in [5, 5.41) is 0. The zero-order chi connectivity index (χ0) is 16.6. The Bertz CT molecular complexity index is 832. The van der Waals surface area contributed by atoms with Crippen LogP contribution < -0.4 is 0 Å². The largest absolute Gasteiger partial charge is 0.243 e. The van der Waals surface area contributed by atoms with E-state index in [1.165, 1.54) is 22.5 Å². The fourth-order valence-electron chi connectivity index (χ4n) is 2.60. The van der Waals surface area contributed by atoms with Crippen LogP contribution in [0.4, 0.5) is 8.78 Å². The van der Waals surface area contributed by atoms with Crippen LogP contribution in [0.25, 0.3) is 0 Å². The van der Waals surface area contributed by atoms with E-state index in [2.05, 4.69) is 0 Å². The van der Waals surface area contributed by atoms with Gasteiger partial charge in [-0.15, -0.1) is 0 Å². The molecule has 0 spiro atoms. The van der Waals surface area contributed by atoms with Crippen LogP contribution in [0.3, 0.4) is 0 Å². The lowest BCUT2D eigenvalue weighted by molar-refractivity contribution is 0.391. The number of aryl methyl sites for hydroxylation is 1. The highest BCUT2D eigenvalue weighted by Gasteiger charge is 2.39. The SMILES string of the molecule is Cc1cc(F)ccc1S(=O)(=O)N(Cc1ccccc1F)C1CC1. The average Bonchev–Trinajstić information content (AvgIpc) is 3.30. The van der Waals surface area contributed by atoms with Gasteiger partial charge in [-0.2, -0.15) is 4.31 Å². The van der Waals surface area contributed by atoms with Gasteiger partial charge in [-0.1, -0.05) is 18.2 Å². The summed E-state index contributed by atoms with van der Waals surface area (Å²) < 4.78 is 54.3. The van der Waals surface area contributed by atoms with Crippen LogP contribution >= 0.6 is 0 Å². The molecular formula is C17H17F2NO2S. The van der Waals surface area contributed by atoms with Crippen molar-refractivity contribution in [3.05, 3.63) is 65.2 Å². The zero-order valence-electron chi connectivity index (χ0n) is 12.7. The molecule has 0 aliphatic heterocycles. The molecule has 0 saturated heterocycles. The van der Waals surface area contributed by atoms with Crippen LogP contribution in [0.1, 0.15) is 24.0 Å². The first-order valence-corrected chi connectivity index (χ1v) is 8.85. The van der Waals surface area contributed by atoms with Crippen LogP contribution in [0.15, 0.2) is 47.4 Å². The van der Waals surface area contributed by atoms with Gasteiger partial charge in [0.15, 0.2) is 0 Å². The normalized spacial score (nSPS) is 15.1. The summed E-state index contributed by atoms with van der Waals surface area (Å²) in [6, 6.07) is 9.63. The average molecular weight is 337 g/mol. The molecule has 3 nitrogen and oxygen atoms in total. The van der Waals surface area contributed by atoms with Crippen LogP contribution in [-0.2, 0) is 16.6 Å². The third kappa shape index (κ3) is 3.28. The Hall–Kier alpha value is -1.79. The summed E-state index contributed by atoms with van der Waals surface area (Å²) in [6.45, 7) is 1.54. The molecule has 0 unspecified atom stereocenters. The lowest BCUT2D eigenvalue weighted by Crippen LogP contribution is -2.33. The Morgan fingerprint density at radius 1 is 1.13 bits per heavy atom. The summed E-state index contributed by atoms with van der Waals surface area (Å²) in [7, 11) is -3.80. The van der Waals surface area contributed by atoms with E-state index < -0.39 is 21.7 Å². The summed E-state index contributed by atoms with van der Waals surface area (Å²) >= 11 is 0. The van der Waals surface area contributed by atoms with Crippen LogP contribution in [0, 0.1) is 18.6 Å². The molecule has 1 aliphatic rings. The monoisotopic (exact) mass is 337 g/mol. The van der Waals surface area contributed by atoms with E-state index in [4.69, 9.17) is 0 Å². The van der Waals surface area contributed by atoms with Crippen molar-refractivity contribution in [2.75, 3.05) is 0 Å². The number of halogens is 2. The zero-order valence-corrected chi connectivity index (χ0v) is 13.5. The van der Waals surface area contributed by atoms with Gasteiger partial charge in [0.05, 0.1) is 4.90 Å². The molecule has 1 fully saturated rings. The van der Waals surface area contributed by atoms with Crippen molar-refractivity contribution < 1.29 is 17.2 Å². The molecule has 0 aromatic heterocycles. The number of nitrogens with zero attached hydrogens (tertiary/aromatic N) is 1. The second-order valence-electron chi connectivity index (χ2n) is 5.78. The van der Waals surface area contributed by atoms with Gasteiger partial charge in [0, 0.05) is 18.2 Å². The van der Waals surface area contributed by atoms with E-state index in [0.717, 1.165) is 18.9 Å². The topological polar surface area (TPSA) is 37.4 Å². The van der Waals surface area contributed by atoms with Gasteiger partial charge >= 0.3 is 0 Å². The van der Waals surface area contributed by atoms with Crippen molar-refractivity contribution >= 4 is 10.0 Å². The van der Waals surface area contributed by atoms with E-state index in [9.17, 15) is 17.2 Å². The first kappa shape index (κ1) is 16.1. The van der Waals surface area contributed by atoms with Crippen LogP contribution in [-0.4, -0.2) is 18.8 Å². The Morgan fingerprint density at radius 2 is 1.83 bits per heavy atom. The summed E-state index contributed by atoms with van der Waals surface area (Å²) in [5.74, 6) is -0.905. The van der Waals surface area contributed by atoms with E-state index >= 15 is 0 Å². The summed E-state index contributed by atoms with van der Waals surface area (Å²) in [4.78, 5) is 0.0714. The van der Waals surface area contributed by atoms with Crippen molar-refractivity contribution in [2.24, 2.45) is 0 Å². The van der Waals surface area contributed by atoms with Gasteiger partial charge in [-0.25, -0.2) is 17.2 Å². The van der Waals surface area contributed by atoms with Gasteiger partial charge in [-0.05, 0) is 49.6 Å². The molecule has 0 N–H and O–H groups in total. The number of hydrogen-bond acceptors (Lipinski definition) is 2. The standard InChI is InChI=1S/C17H17F2NO2S/c1-12-10-14(18)6-9-17(12)23(21,22)20(15-7-8-15)11-13-4-2-3-5-16(13)19/h2-6,9-10,15H,7-8,11H2,1H3. The quantitative estimate of drug-likeness (QED) is 0.835.